The van der Waals surface area contributed by atoms with E-state index in [9.17, 15) is 4.79 Å². The van der Waals surface area contributed by atoms with E-state index in [0.717, 1.165) is 51.8 Å². The van der Waals surface area contributed by atoms with Crippen molar-refractivity contribution >= 4 is 45.0 Å². The Balaban J connectivity index is 1.59. The van der Waals surface area contributed by atoms with Gasteiger partial charge >= 0.3 is 5.97 Å². The van der Waals surface area contributed by atoms with E-state index in [1.807, 2.05) is 45.0 Å². The number of esters is 1. The number of fused-ring (bicyclic) bond motifs is 2. The number of para-hydroxylation sites is 2. The molecule has 5 rings (SSSR count). The van der Waals surface area contributed by atoms with E-state index >= 15 is 0 Å². The van der Waals surface area contributed by atoms with Crippen molar-refractivity contribution in [1.82, 2.24) is 9.97 Å². The zero-order valence-corrected chi connectivity index (χ0v) is 19.8. The molecule has 0 spiro atoms. The molecule has 0 amide bonds. The van der Waals surface area contributed by atoms with Gasteiger partial charge in [-0.2, -0.15) is 0 Å². The van der Waals surface area contributed by atoms with Gasteiger partial charge < -0.3 is 15.0 Å². The van der Waals surface area contributed by atoms with E-state index < -0.39 is 0 Å². The Kier molecular flexibility index (Phi) is 5.72. The number of rotatable bonds is 5. The summed E-state index contributed by atoms with van der Waals surface area (Å²) in [5.41, 5.74) is 5.85. The van der Waals surface area contributed by atoms with Crippen LogP contribution in [0.4, 0.5) is 16.6 Å². The van der Waals surface area contributed by atoms with Crippen molar-refractivity contribution in [1.29, 1.82) is 0 Å². The fraction of sp³-hybridized carbons (Fsp3) is 0.269. The predicted molar refractivity (Wildman–Crippen MR) is 134 cm³/mol. The molecule has 4 aromatic rings. The normalized spacial score (nSPS) is 13.1. The maximum atomic E-state index is 12.7. The van der Waals surface area contributed by atoms with E-state index in [4.69, 9.17) is 14.7 Å². The van der Waals surface area contributed by atoms with Crippen LogP contribution in [-0.2, 0) is 17.7 Å². The Labute approximate surface area is 197 Å². The van der Waals surface area contributed by atoms with Crippen LogP contribution in [0.2, 0.25) is 0 Å². The monoisotopic (exact) mass is 458 g/mol. The molecule has 1 aliphatic rings. The van der Waals surface area contributed by atoms with E-state index in [-0.39, 0.29) is 5.97 Å². The van der Waals surface area contributed by atoms with Crippen molar-refractivity contribution in [2.45, 2.75) is 33.7 Å². The average molecular weight is 459 g/mol. The fourth-order valence-electron chi connectivity index (χ4n) is 4.24. The zero-order valence-electron chi connectivity index (χ0n) is 19.0. The van der Waals surface area contributed by atoms with Crippen LogP contribution >= 0.6 is 11.3 Å². The van der Waals surface area contributed by atoms with Crippen molar-refractivity contribution in [2.24, 2.45) is 0 Å². The van der Waals surface area contributed by atoms with E-state index in [0.29, 0.717) is 18.0 Å². The maximum absolute atomic E-state index is 12.7. The van der Waals surface area contributed by atoms with Gasteiger partial charge in [-0.1, -0.05) is 36.4 Å². The number of nitrogens with one attached hydrogen (secondary N) is 1. The summed E-state index contributed by atoms with van der Waals surface area (Å²) in [6.45, 7) is 7.75. The second-order valence-electron chi connectivity index (χ2n) is 8.16. The highest BCUT2D eigenvalue weighted by atomic mass is 32.1. The molecule has 6 nitrogen and oxygen atoms in total. The maximum Gasteiger partial charge on any atom is 0.341 e. The van der Waals surface area contributed by atoms with E-state index in [2.05, 4.69) is 34.5 Å². The van der Waals surface area contributed by atoms with Crippen molar-refractivity contribution in [3.63, 3.8) is 0 Å². The van der Waals surface area contributed by atoms with Crippen molar-refractivity contribution in [2.75, 3.05) is 23.4 Å². The Morgan fingerprint density at radius 3 is 2.52 bits per heavy atom. The van der Waals surface area contributed by atoms with Crippen molar-refractivity contribution in [3.05, 3.63) is 75.7 Å². The summed E-state index contributed by atoms with van der Waals surface area (Å²) in [6, 6.07) is 16.4. The molecule has 1 aliphatic heterocycles. The molecule has 3 heterocycles. The van der Waals surface area contributed by atoms with Gasteiger partial charge in [-0.25, -0.2) is 14.8 Å². The molecular formula is C26H26N4O2S. The van der Waals surface area contributed by atoms with Crippen molar-refractivity contribution in [3.8, 4) is 0 Å². The van der Waals surface area contributed by atoms with Crippen LogP contribution in [0.3, 0.4) is 0 Å². The molecule has 0 bridgehead atoms. The van der Waals surface area contributed by atoms with Crippen molar-refractivity contribution < 1.29 is 9.53 Å². The minimum absolute atomic E-state index is 0.316. The number of nitrogens with zero attached hydrogens (tertiary/aromatic N) is 3. The molecule has 1 N–H and O–H groups in total. The molecule has 0 radical (unpaired) electrons. The number of benzene rings is 2. The SMILES string of the molecule is CCOC(=O)c1c(Nc2nc3ccccc3nc2N2CCc3ccccc3C2)sc(C)c1C. The highest BCUT2D eigenvalue weighted by Crippen LogP contribution is 2.38. The van der Waals surface area contributed by atoms with Crippen LogP contribution in [0.1, 0.15) is 38.8 Å². The third-order valence-electron chi connectivity index (χ3n) is 6.08. The van der Waals surface area contributed by atoms with Gasteiger partial charge in [0, 0.05) is 18.0 Å². The number of anilines is 3. The summed E-state index contributed by atoms with van der Waals surface area (Å²) in [6.07, 6.45) is 0.954. The summed E-state index contributed by atoms with van der Waals surface area (Å²) < 4.78 is 5.34. The molecule has 2 aromatic heterocycles. The minimum atomic E-state index is -0.316. The Hall–Kier alpha value is -3.45. The summed E-state index contributed by atoms with van der Waals surface area (Å²) in [5, 5.41) is 4.20. The predicted octanol–water partition coefficient (Wildman–Crippen LogP) is 5.79. The Morgan fingerprint density at radius 2 is 1.76 bits per heavy atom. The molecule has 0 saturated heterocycles. The van der Waals surface area contributed by atoms with Gasteiger partial charge in [-0.05, 0) is 56.0 Å². The summed E-state index contributed by atoms with van der Waals surface area (Å²) >= 11 is 1.54. The van der Waals surface area contributed by atoms with Gasteiger partial charge in [-0.3, -0.25) is 0 Å². The second kappa shape index (κ2) is 8.83. The first kappa shape index (κ1) is 21.4. The molecule has 33 heavy (non-hydrogen) atoms. The lowest BCUT2D eigenvalue weighted by Gasteiger charge is -2.31. The minimum Gasteiger partial charge on any atom is -0.462 e. The third kappa shape index (κ3) is 4.04. The van der Waals surface area contributed by atoms with Crippen LogP contribution < -0.4 is 10.2 Å². The number of thiophene rings is 1. The number of carbonyl (C=O) groups excluding carboxylic acids is 1. The lowest BCUT2D eigenvalue weighted by Crippen LogP contribution is -2.31. The first-order chi connectivity index (χ1) is 16.0. The summed E-state index contributed by atoms with van der Waals surface area (Å²) in [5.74, 6) is 1.13. The number of hydrogen-bond acceptors (Lipinski definition) is 7. The topological polar surface area (TPSA) is 67.3 Å². The van der Waals surface area contributed by atoms with Crippen LogP contribution in [0, 0.1) is 13.8 Å². The van der Waals surface area contributed by atoms with Gasteiger partial charge in [0.1, 0.15) is 5.00 Å². The smallest absolute Gasteiger partial charge is 0.341 e. The summed E-state index contributed by atoms with van der Waals surface area (Å²) in [7, 11) is 0. The van der Waals surface area contributed by atoms with Crippen LogP contribution in [-0.4, -0.2) is 29.1 Å². The lowest BCUT2D eigenvalue weighted by atomic mass is 10.00. The Bertz CT molecular complexity index is 1350. The number of hydrogen-bond donors (Lipinski definition) is 1. The highest BCUT2D eigenvalue weighted by molar-refractivity contribution is 7.16. The molecule has 168 valence electrons. The molecule has 0 aliphatic carbocycles. The van der Waals surface area contributed by atoms with Gasteiger partial charge in [0.25, 0.3) is 0 Å². The standard InChI is InChI=1S/C26H26N4O2S/c1-4-32-26(31)22-16(2)17(3)33-25(22)29-23-24(28-21-12-8-7-11-20(21)27-23)30-14-13-18-9-5-6-10-19(18)15-30/h5-12H,4,13-15H2,1-3H3,(H,27,29). The van der Waals surface area contributed by atoms with Crippen LogP contribution in [0.15, 0.2) is 48.5 Å². The molecule has 7 heteroatoms. The van der Waals surface area contributed by atoms with Gasteiger partial charge in [0.2, 0.25) is 0 Å². The summed E-state index contributed by atoms with van der Waals surface area (Å²) in [4.78, 5) is 26.0. The molecule has 0 fully saturated rings. The fourth-order valence-corrected chi connectivity index (χ4v) is 5.29. The zero-order chi connectivity index (χ0) is 22.9. The number of aryl methyl sites for hydroxylation is 1. The number of aromatic nitrogens is 2. The van der Waals surface area contributed by atoms with Gasteiger partial charge in [-0.15, -0.1) is 11.3 Å². The van der Waals surface area contributed by atoms with Gasteiger partial charge in [0.05, 0.1) is 23.2 Å². The van der Waals surface area contributed by atoms with Gasteiger partial charge in [0.15, 0.2) is 11.6 Å². The molecule has 2 aromatic carbocycles. The quantitative estimate of drug-likeness (QED) is 0.382. The second-order valence-corrected chi connectivity index (χ2v) is 9.38. The van der Waals surface area contributed by atoms with Crippen LogP contribution in [0.25, 0.3) is 11.0 Å². The van der Waals surface area contributed by atoms with Crippen LogP contribution in [0.5, 0.6) is 0 Å². The molecular weight excluding hydrogens is 432 g/mol. The lowest BCUT2D eigenvalue weighted by molar-refractivity contribution is 0.0527. The highest BCUT2D eigenvalue weighted by Gasteiger charge is 2.25. The first-order valence-electron chi connectivity index (χ1n) is 11.2. The Morgan fingerprint density at radius 1 is 1.06 bits per heavy atom. The number of ether oxygens (including phenoxy) is 1. The molecule has 0 unspecified atom stereocenters. The third-order valence-corrected chi connectivity index (χ3v) is 7.20. The molecule has 0 atom stereocenters. The first-order valence-corrected chi connectivity index (χ1v) is 12.0. The largest absolute Gasteiger partial charge is 0.462 e. The number of carbonyl (C=O) groups is 1. The van der Waals surface area contributed by atoms with E-state index in [1.165, 1.54) is 11.1 Å². The van der Waals surface area contributed by atoms with E-state index in [1.54, 1.807) is 11.3 Å². The average Bonchev–Trinajstić information content (AvgIpc) is 3.11. The molecule has 0 saturated carbocycles.